The Labute approximate surface area is 189 Å². The number of hydrogen-bond acceptors (Lipinski definition) is 4. The second-order valence-corrected chi connectivity index (χ2v) is 7.74. The zero-order valence-corrected chi connectivity index (χ0v) is 17.5. The van der Waals surface area contributed by atoms with Crippen LogP contribution in [0.15, 0.2) is 83.3 Å². The van der Waals surface area contributed by atoms with Crippen molar-refractivity contribution in [2.45, 2.75) is 0 Å². The normalized spacial score (nSPS) is 12.0. The fraction of sp³-hybridized carbons (Fsp3) is 0. The molecule has 0 aliphatic heterocycles. The number of halogens is 1. The van der Waals surface area contributed by atoms with Crippen molar-refractivity contribution in [3.8, 4) is 33.9 Å². The average molecular weight is 433 g/mol. The van der Waals surface area contributed by atoms with Crippen molar-refractivity contribution >= 4 is 34.7 Å². The smallest absolute Gasteiger partial charge is 0.250 e. The molecule has 5 aromatic rings. The SMILES string of the molecule is Clc1nc(-c2ccc(-c3ccccc3)cc2)nc(-c2cccc3oc4c(c23)C=C[C+]=C4)n1. The Kier molecular flexibility index (Phi) is 4.39. The van der Waals surface area contributed by atoms with Crippen LogP contribution < -0.4 is 0 Å². The number of hydrogen-bond donors (Lipinski definition) is 0. The van der Waals surface area contributed by atoms with Crippen LogP contribution in [0.25, 0.3) is 57.0 Å². The second-order valence-electron chi connectivity index (χ2n) is 7.40. The lowest BCUT2D eigenvalue weighted by Gasteiger charge is -2.07. The summed E-state index contributed by atoms with van der Waals surface area (Å²) in [7, 11) is 0. The fourth-order valence-electron chi connectivity index (χ4n) is 3.95. The van der Waals surface area contributed by atoms with Gasteiger partial charge in [-0.2, -0.15) is 9.97 Å². The molecular weight excluding hydrogens is 418 g/mol. The first-order valence-corrected chi connectivity index (χ1v) is 10.5. The van der Waals surface area contributed by atoms with Gasteiger partial charge in [0.05, 0.1) is 11.5 Å². The van der Waals surface area contributed by atoms with E-state index in [1.807, 2.05) is 66.8 Å². The molecule has 0 radical (unpaired) electrons. The molecule has 0 N–H and O–H groups in total. The number of fused-ring (bicyclic) bond motifs is 3. The van der Waals surface area contributed by atoms with Crippen LogP contribution in [-0.2, 0) is 0 Å². The van der Waals surface area contributed by atoms with E-state index in [-0.39, 0.29) is 5.28 Å². The van der Waals surface area contributed by atoms with Crippen LogP contribution in [0.2, 0.25) is 5.28 Å². The lowest BCUT2D eigenvalue weighted by atomic mass is 10.0. The standard InChI is InChI=1S/C27H15ClN3O/c28-27-30-25(19-15-13-18(14-16-19)17-7-2-1-3-8-17)29-26(31-27)21-10-6-12-23-24(21)20-9-4-5-11-22(20)32-23/h1-4,6-16H/q+1. The molecule has 0 saturated carbocycles. The van der Waals surface area contributed by atoms with Gasteiger partial charge in [0, 0.05) is 17.2 Å². The molecule has 5 heteroatoms. The van der Waals surface area contributed by atoms with Gasteiger partial charge in [-0.3, -0.25) is 0 Å². The average Bonchev–Trinajstić information content (AvgIpc) is 3.23. The predicted octanol–water partition coefficient (Wildman–Crippen LogP) is 7.12. The summed E-state index contributed by atoms with van der Waals surface area (Å²) in [6.45, 7) is 0. The Morgan fingerprint density at radius 1 is 0.719 bits per heavy atom. The maximum Gasteiger partial charge on any atom is 0.250 e. The zero-order valence-electron chi connectivity index (χ0n) is 16.8. The number of benzene rings is 3. The molecule has 0 bridgehead atoms. The van der Waals surface area contributed by atoms with Crippen LogP contribution in [0.5, 0.6) is 0 Å². The molecule has 6 rings (SSSR count). The molecular formula is C27H15ClN3O+. The van der Waals surface area contributed by atoms with Crippen LogP contribution in [0, 0.1) is 6.08 Å². The van der Waals surface area contributed by atoms with E-state index in [0.717, 1.165) is 44.5 Å². The minimum atomic E-state index is 0.148. The Balaban J connectivity index is 1.46. The molecule has 4 nitrogen and oxygen atoms in total. The van der Waals surface area contributed by atoms with Gasteiger partial charge < -0.3 is 4.42 Å². The maximum atomic E-state index is 6.33. The van der Waals surface area contributed by atoms with E-state index in [4.69, 9.17) is 21.0 Å². The highest BCUT2D eigenvalue weighted by Gasteiger charge is 2.24. The number of furan rings is 1. The fourth-order valence-corrected chi connectivity index (χ4v) is 4.11. The van der Waals surface area contributed by atoms with E-state index in [1.54, 1.807) is 0 Å². The van der Waals surface area contributed by atoms with Crippen LogP contribution >= 0.6 is 11.6 Å². The van der Waals surface area contributed by atoms with E-state index in [9.17, 15) is 0 Å². The number of rotatable bonds is 3. The summed E-state index contributed by atoms with van der Waals surface area (Å²) in [5.74, 6) is 1.80. The van der Waals surface area contributed by atoms with Gasteiger partial charge in [0.1, 0.15) is 17.7 Å². The maximum absolute atomic E-state index is 6.33. The topological polar surface area (TPSA) is 51.8 Å². The number of nitrogens with zero attached hydrogens (tertiary/aromatic N) is 3. The van der Waals surface area contributed by atoms with Crippen molar-refractivity contribution < 1.29 is 4.42 Å². The van der Waals surface area contributed by atoms with Crippen molar-refractivity contribution in [2.75, 3.05) is 0 Å². The first-order valence-electron chi connectivity index (χ1n) is 10.2. The number of allylic oxidation sites excluding steroid dienone is 2. The summed E-state index contributed by atoms with van der Waals surface area (Å²) in [4.78, 5) is 13.6. The monoisotopic (exact) mass is 432 g/mol. The molecule has 0 saturated heterocycles. The van der Waals surface area contributed by atoms with Crippen molar-refractivity contribution in [1.82, 2.24) is 15.0 Å². The van der Waals surface area contributed by atoms with Crippen LogP contribution in [0.1, 0.15) is 11.3 Å². The van der Waals surface area contributed by atoms with Crippen molar-refractivity contribution in [1.29, 1.82) is 0 Å². The highest BCUT2D eigenvalue weighted by atomic mass is 35.5. The summed E-state index contributed by atoms with van der Waals surface area (Å²) >= 11 is 6.33. The second kappa shape index (κ2) is 7.54. The minimum absolute atomic E-state index is 0.148. The van der Waals surface area contributed by atoms with Gasteiger partial charge in [0.25, 0.3) is 0 Å². The van der Waals surface area contributed by atoms with Gasteiger partial charge in [-0.05, 0) is 28.8 Å². The Bertz CT molecular complexity index is 1520. The van der Waals surface area contributed by atoms with Crippen molar-refractivity contribution in [3.05, 3.63) is 102 Å². The first-order chi connectivity index (χ1) is 15.8. The zero-order chi connectivity index (χ0) is 21.5. The first kappa shape index (κ1) is 18.6. The Morgan fingerprint density at radius 3 is 2.31 bits per heavy atom. The molecule has 0 spiro atoms. The van der Waals surface area contributed by atoms with Gasteiger partial charge in [-0.1, -0.05) is 66.7 Å². The predicted molar refractivity (Wildman–Crippen MR) is 128 cm³/mol. The molecule has 0 atom stereocenters. The molecule has 32 heavy (non-hydrogen) atoms. The van der Waals surface area contributed by atoms with E-state index in [2.05, 4.69) is 40.3 Å². The summed E-state index contributed by atoms with van der Waals surface area (Å²) in [5.41, 5.74) is 5.75. The summed E-state index contributed by atoms with van der Waals surface area (Å²) in [6, 6.07) is 24.2. The van der Waals surface area contributed by atoms with Gasteiger partial charge in [-0.25, -0.2) is 4.98 Å². The van der Waals surface area contributed by atoms with Gasteiger partial charge in [0.15, 0.2) is 17.2 Å². The summed E-state index contributed by atoms with van der Waals surface area (Å²) < 4.78 is 5.98. The summed E-state index contributed by atoms with van der Waals surface area (Å²) in [5, 5.41) is 1.10. The van der Waals surface area contributed by atoms with Gasteiger partial charge in [-0.15, -0.1) is 0 Å². The lowest BCUT2D eigenvalue weighted by Crippen LogP contribution is -1.98. The number of aromatic nitrogens is 3. The van der Waals surface area contributed by atoms with E-state index >= 15 is 0 Å². The minimum Gasteiger partial charge on any atom is -0.396 e. The molecule has 2 heterocycles. The Hall–Kier alpha value is -4.11. The van der Waals surface area contributed by atoms with Crippen LogP contribution in [-0.4, -0.2) is 15.0 Å². The van der Waals surface area contributed by atoms with E-state index in [1.165, 1.54) is 0 Å². The van der Waals surface area contributed by atoms with E-state index < -0.39 is 0 Å². The Morgan fingerprint density at radius 2 is 1.47 bits per heavy atom. The largest absolute Gasteiger partial charge is 0.396 e. The lowest BCUT2D eigenvalue weighted by molar-refractivity contribution is 0.603. The third kappa shape index (κ3) is 3.19. The third-order valence-corrected chi connectivity index (χ3v) is 5.61. The van der Waals surface area contributed by atoms with Crippen molar-refractivity contribution in [2.24, 2.45) is 0 Å². The third-order valence-electron chi connectivity index (χ3n) is 5.44. The van der Waals surface area contributed by atoms with Crippen molar-refractivity contribution in [3.63, 3.8) is 0 Å². The van der Waals surface area contributed by atoms with E-state index in [0.29, 0.717) is 11.6 Å². The molecule has 0 unspecified atom stereocenters. The van der Waals surface area contributed by atoms with Crippen LogP contribution in [0.4, 0.5) is 0 Å². The highest BCUT2D eigenvalue weighted by molar-refractivity contribution is 6.28. The van der Waals surface area contributed by atoms with Gasteiger partial charge >= 0.3 is 0 Å². The molecule has 150 valence electrons. The molecule has 3 aromatic carbocycles. The van der Waals surface area contributed by atoms with Crippen LogP contribution in [0.3, 0.4) is 0 Å². The molecule has 0 fully saturated rings. The van der Waals surface area contributed by atoms with Gasteiger partial charge in [0.2, 0.25) is 11.0 Å². The molecule has 1 aliphatic carbocycles. The molecule has 0 amide bonds. The highest BCUT2D eigenvalue weighted by Crippen LogP contribution is 2.37. The summed E-state index contributed by atoms with van der Waals surface area (Å²) in [6.07, 6.45) is 8.74. The quantitative estimate of drug-likeness (QED) is 0.285. The molecule has 2 aromatic heterocycles. The molecule has 1 aliphatic rings.